The fourth-order valence-electron chi connectivity index (χ4n) is 3.49. The van der Waals surface area contributed by atoms with Crippen molar-refractivity contribution in [2.75, 3.05) is 18.5 Å². The first-order valence-electron chi connectivity index (χ1n) is 11.5. The third-order valence-corrected chi connectivity index (χ3v) is 5.26. The Morgan fingerprint density at radius 1 is 0.818 bits per heavy atom. The Morgan fingerprint density at radius 2 is 1.55 bits per heavy atom. The van der Waals surface area contributed by atoms with Gasteiger partial charge in [0.15, 0.2) is 0 Å². The molecule has 0 aromatic heterocycles. The van der Waals surface area contributed by atoms with Gasteiger partial charge in [0, 0.05) is 17.7 Å². The van der Waals surface area contributed by atoms with Crippen LogP contribution in [0.2, 0.25) is 0 Å². The summed E-state index contributed by atoms with van der Waals surface area (Å²) in [6.45, 7) is 2.80. The van der Waals surface area contributed by atoms with E-state index in [9.17, 15) is 9.59 Å². The Morgan fingerprint density at radius 3 is 2.30 bits per heavy atom. The van der Waals surface area contributed by atoms with E-state index in [1.54, 1.807) is 19.1 Å². The number of anilines is 1. The molecule has 5 nitrogen and oxygen atoms in total. The molecule has 0 saturated carbocycles. The average molecular weight is 446 g/mol. The number of esters is 1. The van der Waals surface area contributed by atoms with E-state index in [2.05, 4.69) is 29.6 Å². The molecule has 3 rings (SSSR count). The minimum atomic E-state index is -0.241. The molecule has 3 aromatic rings. The summed E-state index contributed by atoms with van der Waals surface area (Å²) < 4.78 is 10.8. The molecule has 0 atom stereocenters. The van der Waals surface area contributed by atoms with Crippen molar-refractivity contribution in [3.8, 4) is 5.75 Å². The third-order valence-electron chi connectivity index (χ3n) is 5.26. The van der Waals surface area contributed by atoms with Crippen LogP contribution in [0.25, 0.3) is 0 Å². The minimum Gasteiger partial charge on any atom is -0.494 e. The SMILES string of the molecule is CCOC(=O)CCc1ccccc1NC(=O)c1ccc(OCCCCc2ccccc2)cc1. The quantitative estimate of drug-likeness (QED) is 0.281. The number of carbonyl (C=O) groups is 2. The molecule has 0 heterocycles. The van der Waals surface area contributed by atoms with E-state index in [0.29, 0.717) is 30.9 Å². The number of hydrogen-bond donors (Lipinski definition) is 1. The van der Waals surface area contributed by atoms with Crippen molar-refractivity contribution in [3.05, 3.63) is 95.6 Å². The summed E-state index contributed by atoms with van der Waals surface area (Å²) in [7, 11) is 0. The Bertz CT molecular complexity index is 1020. The zero-order valence-electron chi connectivity index (χ0n) is 19.1. The molecule has 172 valence electrons. The highest BCUT2D eigenvalue weighted by Crippen LogP contribution is 2.19. The van der Waals surface area contributed by atoms with Crippen molar-refractivity contribution in [2.45, 2.75) is 39.0 Å². The second-order valence-electron chi connectivity index (χ2n) is 7.73. The van der Waals surface area contributed by atoms with Crippen LogP contribution in [-0.2, 0) is 22.4 Å². The lowest BCUT2D eigenvalue weighted by molar-refractivity contribution is -0.143. The summed E-state index contributed by atoms with van der Waals surface area (Å²) in [5, 5.41) is 2.95. The van der Waals surface area contributed by atoms with Crippen LogP contribution in [0.4, 0.5) is 5.69 Å². The first-order chi connectivity index (χ1) is 16.2. The maximum atomic E-state index is 12.7. The number of rotatable bonds is 12. The van der Waals surface area contributed by atoms with E-state index in [4.69, 9.17) is 9.47 Å². The summed E-state index contributed by atoms with van der Waals surface area (Å²) in [5.41, 5.74) is 3.49. The lowest BCUT2D eigenvalue weighted by Crippen LogP contribution is -2.14. The Labute approximate surface area is 195 Å². The van der Waals surface area contributed by atoms with Crippen LogP contribution >= 0.6 is 0 Å². The Kier molecular flexibility index (Phi) is 9.52. The number of carbonyl (C=O) groups excluding carboxylic acids is 2. The van der Waals surface area contributed by atoms with Crippen LogP contribution in [0.15, 0.2) is 78.9 Å². The maximum Gasteiger partial charge on any atom is 0.306 e. The molecule has 0 unspecified atom stereocenters. The summed E-state index contributed by atoms with van der Waals surface area (Å²) in [4.78, 5) is 24.4. The van der Waals surface area contributed by atoms with Gasteiger partial charge < -0.3 is 14.8 Å². The van der Waals surface area contributed by atoms with Crippen molar-refractivity contribution in [2.24, 2.45) is 0 Å². The fraction of sp³-hybridized carbons (Fsp3) is 0.286. The second-order valence-corrected chi connectivity index (χ2v) is 7.73. The minimum absolute atomic E-state index is 0.201. The highest BCUT2D eigenvalue weighted by atomic mass is 16.5. The number of benzene rings is 3. The van der Waals surface area contributed by atoms with Crippen LogP contribution in [0, 0.1) is 0 Å². The molecule has 0 fully saturated rings. The van der Waals surface area contributed by atoms with Crippen LogP contribution < -0.4 is 10.1 Å². The van der Waals surface area contributed by atoms with Crippen molar-refractivity contribution < 1.29 is 19.1 Å². The van der Waals surface area contributed by atoms with Gasteiger partial charge in [-0.3, -0.25) is 9.59 Å². The third kappa shape index (κ3) is 8.11. The monoisotopic (exact) mass is 445 g/mol. The number of nitrogens with one attached hydrogen (secondary N) is 1. The van der Waals surface area contributed by atoms with E-state index >= 15 is 0 Å². The summed E-state index contributed by atoms with van der Waals surface area (Å²) in [6.07, 6.45) is 3.87. The molecule has 1 amide bonds. The average Bonchev–Trinajstić information content (AvgIpc) is 2.84. The zero-order chi connectivity index (χ0) is 23.3. The molecule has 33 heavy (non-hydrogen) atoms. The van der Waals surface area contributed by atoms with Crippen LogP contribution in [-0.4, -0.2) is 25.1 Å². The van der Waals surface area contributed by atoms with Gasteiger partial charge in [0.1, 0.15) is 5.75 Å². The van der Waals surface area contributed by atoms with Gasteiger partial charge >= 0.3 is 5.97 Å². The number of hydrogen-bond acceptors (Lipinski definition) is 4. The van der Waals surface area contributed by atoms with Gasteiger partial charge in [-0.1, -0.05) is 48.5 Å². The molecule has 0 aliphatic rings. The topological polar surface area (TPSA) is 64.6 Å². The number of amides is 1. The van der Waals surface area contributed by atoms with Gasteiger partial charge in [0.2, 0.25) is 0 Å². The van der Waals surface area contributed by atoms with Gasteiger partial charge in [-0.2, -0.15) is 0 Å². The van der Waals surface area contributed by atoms with E-state index in [1.165, 1.54) is 5.56 Å². The van der Waals surface area contributed by atoms with E-state index in [0.717, 1.165) is 30.6 Å². The number of para-hydroxylation sites is 1. The van der Waals surface area contributed by atoms with E-state index < -0.39 is 0 Å². The van der Waals surface area contributed by atoms with E-state index in [1.807, 2.05) is 42.5 Å². The molecule has 0 aliphatic heterocycles. The highest BCUT2D eigenvalue weighted by molar-refractivity contribution is 6.04. The van der Waals surface area contributed by atoms with Crippen molar-refractivity contribution in [1.29, 1.82) is 0 Å². The Balaban J connectivity index is 1.46. The van der Waals surface area contributed by atoms with Gasteiger partial charge in [-0.25, -0.2) is 0 Å². The smallest absolute Gasteiger partial charge is 0.306 e. The van der Waals surface area contributed by atoms with Gasteiger partial charge in [-0.15, -0.1) is 0 Å². The molecule has 0 aliphatic carbocycles. The van der Waals surface area contributed by atoms with Gasteiger partial charge in [-0.05, 0) is 74.1 Å². The summed E-state index contributed by atoms with van der Waals surface area (Å²) in [6, 6.07) is 25.1. The molecule has 0 bridgehead atoms. The standard InChI is InChI=1S/C28H31NO4/c1-2-32-27(30)20-17-23-13-6-7-14-26(23)29-28(31)24-15-18-25(19-16-24)33-21-9-8-12-22-10-4-3-5-11-22/h3-7,10-11,13-16,18-19H,2,8-9,12,17,20-21H2,1H3,(H,29,31). The van der Waals surface area contributed by atoms with Crippen molar-refractivity contribution in [1.82, 2.24) is 0 Å². The normalized spacial score (nSPS) is 10.5. The molecular formula is C28H31NO4. The first-order valence-corrected chi connectivity index (χ1v) is 11.5. The van der Waals surface area contributed by atoms with Crippen molar-refractivity contribution >= 4 is 17.6 Å². The molecule has 0 radical (unpaired) electrons. The number of ether oxygens (including phenoxy) is 2. The summed E-state index contributed by atoms with van der Waals surface area (Å²) in [5.74, 6) is 0.309. The summed E-state index contributed by atoms with van der Waals surface area (Å²) >= 11 is 0. The van der Waals surface area contributed by atoms with Gasteiger partial charge in [0.25, 0.3) is 5.91 Å². The first kappa shape index (κ1) is 24.1. The largest absolute Gasteiger partial charge is 0.494 e. The maximum absolute atomic E-state index is 12.7. The predicted octanol–water partition coefficient (Wildman–Crippen LogP) is 5.84. The number of aryl methyl sites for hydroxylation is 2. The predicted molar refractivity (Wildman–Crippen MR) is 131 cm³/mol. The van der Waals surface area contributed by atoms with Crippen LogP contribution in [0.3, 0.4) is 0 Å². The van der Waals surface area contributed by atoms with Crippen molar-refractivity contribution in [3.63, 3.8) is 0 Å². The lowest BCUT2D eigenvalue weighted by atomic mass is 10.1. The lowest BCUT2D eigenvalue weighted by Gasteiger charge is -2.12. The number of unbranched alkanes of at least 4 members (excludes halogenated alkanes) is 1. The molecule has 1 N–H and O–H groups in total. The van der Waals surface area contributed by atoms with Crippen LogP contribution in [0.5, 0.6) is 5.75 Å². The second kappa shape index (κ2) is 13.1. The van der Waals surface area contributed by atoms with E-state index in [-0.39, 0.29) is 18.3 Å². The molecule has 0 spiro atoms. The molecule has 0 saturated heterocycles. The Hall–Kier alpha value is -3.60. The highest BCUT2D eigenvalue weighted by Gasteiger charge is 2.11. The van der Waals surface area contributed by atoms with Gasteiger partial charge in [0.05, 0.1) is 13.2 Å². The molecule has 3 aromatic carbocycles. The molecule has 5 heteroatoms. The fourth-order valence-corrected chi connectivity index (χ4v) is 3.49. The van der Waals surface area contributed by atoms with Crippen LogP contribution in [0.1, 0.15) is 47.7 Å². The zero-order valence-corrected chi connectivity index (χ0v) is 19.1. The molecular weight excluding hydrogens is 414 g/mol.